The van der Waals surface area contributed by atoms with E-state index in [-0.39, 0.29) is 18.2 Å². The Morgan fingerprint density at radius 2 is 1.88 bits per heavy atom. The zero-order valence-electron chi connectivity index (χ0n) is 10.3. The second kappa shape index (κ2) is 4.17. The molecule has 0 radical (unpaired) electrons. The molecule has 17 heavy (non-hydrogen) atoms. The molecule has 0 unspecified atom stereocenters. The summed E-state index contributed by atoms with van der Waals surface area (Å²) < 4.78 is 0. The molecule has 3 nitrogen and oxygen atoms in total. The maximum Gasteiger partial charge on any atom is 0.254 e. The molecule has 0 aliphatic carbocycles. The summed E-state index contributed by atoms with van der Waals surface area (Å²) in [7, 11) is 0. The number of allylic oxidation sites excluding steroid dienone is 1. The lowest BCUT2D eigenvalue weighted by atomic mass is 9.97. The number of benzene rings is 1. The number of hydrogen-bond donors (Lipinski definition) is 1. The highest BCUT2D eigenvalue weighted by Gasteiger charge is 2.26. The van der Waals surface area contributed by atoms with E-state index in [2.05, 4.69) is 5.32 Å². The van der Waals surface area contributed by atoms with Gasteiger partial charge >= 0.3 is 0 Å². The molecule has 0 aromatic heterocycles. The third kappa shape index (κ3) is 2.13. The molecule has 0 saturated carbocycles. The molecule has 1 fully saturated rings. The van der Waals surface area contributed by atoms with Crippen molar-refractivity contribution in [2.24, 2.45) is 0 Å². The van der Waals surface area contributed by atoms with E-state index in [9.17, 15) is 9.59 Å². The molecule has 3 heteroatoms. The summed E-state index contributed by atoms with van der Waals surface area (Å²) in [5.74, 6) is -0.473. The van der Waals surface area contributed by atoms with Gasteiger partial charge in [-0.25, -0.2) is 0 Å². The Balaban J connectivity index is 2.46. The highest BCUT2D eigenvalue weighted by atomic mass is 16.2. The van der Waals surface area contributed by atoms with E-state index in [0.717, 1.165) is 11.1 Å². The Labute approximate surface area is 101 Å². The third-order valence-electron chi connectivity index (χ3n) is 3.26. The number of rotatable bonds is 1. The number of hydrogen-bond acceptors (Lipinski definition) is 2. The minimum Gasteiger partial charge on any atom is -0.292 e. The molecule has 1 saturated heterocycles. The summed E-state index contributed by atoms with van der Waals surface area (Å²) in [6.45, 7) is 5.97. The molecule has 2 rings (SSSR count). The predicted molar refractivity (Wildman–Crippen MR) is 66.3 cm³/mol. The van der Waals surface area contributed by atoms with E-state index >= 15 is 0 Å². The highest BCUT2D eigenvalue weighted by Crippen LogP contribution is 2.25. The highest BCUT2D eigenvalue weighted by molar-refractivity contribution is 6.17. The van der Waals surface area contributed by atoms with Gasteiger partial charge in [-0.05, 0) is 43.0 Å². The summed E-state index contributed by atoms with van der Waals surface area (Å²) in [6, 6.07) is 6.07. The van der Waals surface area contributed by atoms with E-state index in [1.54, 1.807) is 0 Å². The monoisotopic (exact) mass is 229 g/mol. The number of carbonyl (C=O) groups is 2. The molecule has 0 bridgehead atoms. The van der Waals surface area contributed by atoms with Crippen LogP contribution in [0.2, 0.25) is 0 Å². The van der Waals surface area contributed by atoms with Gasteiger partial charge in [-0.2, -0.15) is 0 Å². The lowest BCUT2D eigenvalue weighted by molar-refractivity contribution is -0.124. The van der Waals surface area contributed by atoms with Crippen molar-refractivity contribution >= 4 is 17.4 Å². The molecule has 1 aliphatic heterocycles. The number of carbonyl (C=O) groups excluding carboxylic acids is 2. The maximum absolute atomic E-state index is 11.6. The first kappa shape index (κ1) is 11.6. The van der Waals surface area contributed by atoms with Crippen LogP contribution in [0.5, 0.6) is 0 Å². The van der Waals surface area contributed by atoms with E-state index in [0.29, 0.717) is 5.57 Å². The van der Waals surface area contributed by atoms with Crippen LogP contribution < -0.4 is 5.32 Å². The smallest absolute Gasteiger partial charge is 0.254 e. The van der Waals surface area contributed by atoms with E-state index in [1.165, 1.54) is 11.1 Å². The van der Waals surface area contributed by atoms with E-state index in [1.807, 2.05) is 39.0 Å². The van der Waals surface area contributed by atoms with Crippen LogP contribution in [0, 0.1) is 13.8 Å². The molecule has 1 aliphatic rings. The molecule has 0 atom stereocenters. The molecule has 0 spiro atoms. The predicted octanol–water partition coefficient (Wildman–Crippen LogP) is 2.12. The summed E-state index contributed by atoms with van der Waals surface area (Å²) in [4.78, 5) is 22.7. The number of aryl methyl sites for hydroxylation is 2. The summed E-state index contributed by atoms with van der Waals surface area (Å²) in [6.07, 6.45) is 0.192. The van der Waals surface area contributed by atoms with Gasteiger partial charge in [0.15, 0.2) is 0 Å². The van der Waals surface area contributed by atoms with E-state index in [4.69, 9.17) is 0 Å². The first-order valence-corrected chi connectivity index (χ1v) is 5.60. The Kier molecular flexibility index (Phi) is 2.84. The summed E-state index contributed by atoms with van der Waals surface area (Å²) in [5, 5.41) is 2.31. The molecule has 1 aromatic carbocycles. The van der Waals surface area contributed by atoms with Crippen molar-refractivity contribution in [3.8, 4) is 0 Å². The topological polar surface area (TPSA) is 46.2 Å². The van der Waals surface area contributed by atoms with Crippen LogP contribution in [0.15, 0.2) is 23.8 Å². The van der Waals surface area contributed by atoms with Gasteiger partial charge in [0.1, 0.15) is 0 Å². The van der Waals surface area contributed by atoms with Crippen LogP contribution in [-0.4, -0.2) is 11.8 Å². The minimum atomic E-state index is -0.259. The van der Waals surface area contributed by atoms with Crippen LogP contribution in [0.3, 0.4) is 0 Å². The lowest BCUT2D eigenvalue weighted by Crippen LogP contribution is -2.19. The zero-order valence-corrected chi connectivity index (χ0v) is 10.3. The Morgan fingerprint density at radius 1 is 1.18 bits per heavy atom. The fourth-order valence-electron chi connectivity index (χ4n) is 1.94. The van der Waals surface area contributed by atoms with Crippen molar-refractivity contribution in [1.29, 1.82) is 0 Å². The lowest BCUT2D eigenvalue weighted by Gasteiger charge is -2.07. The second-order valence-electron chi connectivity index (χ2n) is 4.46. The summed E-state index contributed by atoms with van der Waals surface area (Å²) in [5.41, 5.74) is 4.88. The SMILES string of the molecule is CC(=C1CC(=O)NC1=O)c1ccc(C)c(C)c1. The number of nitrogens with one attached hydrogen (secondary N) is 1. The van der Waals surface area contributed by atoms with Gasteiger partial charge in [0, 0.05) is 5.57 Å². The fraction of sp³-hybridized carbons (Fsp3) is 0.286. The second-order valence-corrected chi connectivity index (χ2v) is 4.46. The van der Waals surface area contributed by atoms with Crippen LogP contribution >= 0.6 is 0 Å². The van der Waals surface area contributed by atoms with Gasteiger partial charge in [0.2, 0.25) is 5.91 Å². The van der Waals surface area contributed by atoms with Crippen molar-refractivity contribution in [2.45, 2.75) is 27.2 Å². The molecule has 1 heterocycles. The van der Waals surface area contributed by atoms with Gasteiger partial charge in [0.05, 0.1) is 6.42 Å². The molecular formula is C14H15NO2. The average Bonchev–Trinajstić information content (AvgIpc) is 2.61. The Morgan fingerprint density at radius 3 is 2.41 bits per heavy atom. The van der Waals surface area contributed by atoms with Crippen LogP contribution in [0.1, 0.15) is 30.0 Å². The number of imide groups is 1. The van der Waals surface area contributed by atoms with Gasteiger partial charge < -0.3 is 0 Å². The number of amides is 2. The largest absolute Gasteiger partial charge is 0.292 e. The van der Waals surface area contributed by atoms with Crippen molar-refractivity contribution < 1.29 is 9.59 Å². The molecule has 2 amide bonds. The average molecular weight is 229 g/mol. The minimum absolute atomic E-state index is 0.192. The Bertz CT molecular complexity index is 541. The van der Waals surface area contributed by atoms with Gasteiger partial charge in [0.25, 0.3) is 5.91 Å². The summed E-state index contributed by atoms with van der Waals surface area (Å²) >= 11 is 0. The van der Waals surface area contributed by atoms with Crippen molar-refractivity contribution in [2.75, 3.05) is 0 Å². The van der Waals surface area contributed by atoms with Crippen LogP contribution in [0.4, 0.5) is 0 Å². The molecule has 1 N–H and O–H groups in total. The molecule has 88 valence electrons. The van der Waals surface area contributed by atoms with Crippen molar-refractivity contribution in [3.05, 3.63) is 40.5 Å². The van der Waals surface area contributed by atoms with Crippen molar-refractivity contribution in [1.82, 2.24) is 5.32 Å². The normalized spacial score (nSPS) is 18.3. The molecule has 1 aromatic rings. The zero-order chi connectivity index (χ0) is 12.6. The van der Waals surface area contributed by atoms with Gasteiger partial charge in [-0.15, -0.1) is 0 Å². The molecular weight excluding hydrogens is 214 g/mol. The van der Waals surface area contributed by atoms with Crippen LogP contribution in [0.25, 0.3) is 5.57 Å². The first-order valence-electron chi connectivity index (χ1n) is 5.60. The van der Waals surface area contributed by atoms with Crippen molar-refractivity contribution in [3.63, 3.8) is 0 Å². The van der Waals surface area contributed by atoms with Gasteiger partial charge in [-0.1, -0.05) is 18.2 Å². The Hall–Kier alpha value is -1.90. The van der Waals surface area contributed by atoms with E-state index < -0.39 is 0 Å². The quantitative estimate of drug-likeness (QED) is 0.592. The first-order chi connectivity index (χ1) is 7.99. The third-order valence-corrected chi connectivity index (χ3v) is 3.26. The van der Waals surface area contributed by atoms with Gasteiger partial charge in [-0.3, -0.25) is 14.9 Å². The standard InChI is InChI=1S/C14H15NO2/c1-8-4-5-11(6-9(8)2)10(3)12-7-13(16)15-14(12)17/h4-6H,7H2,1-3H3,(H,15,16,17). The van der Waals surface area contributed by atoms with Crippen LogP contribution in [-0.2, 0) is 9.59 Å². The maximum atomic E-state index is 11.6. The fourth-order valence-corrected chi connectivity index (χ4v) is 1.94.